The molecule has 3 aromatic rings. The highest BCUT2D eigenvalue weighted by Crippen LogP contribution is 2.45. The second-order valence-corrected chi connectivity index (χ2v) is 7.13. The molecule has 162 valence electrons. The Labute approximate surface area is 176 Å². The highest BCUT2D eigenvalue weighted by atomic mass is 19.4. The van der Waals surface area contributed by atoms with Crippen molar-refractivity contribution in [3.05, 3.63) is 71.7 Å². The maximum atomic E-state index is 13.8. The summed E-state index contributed by atoms with van der Waals surface area (Å²) >= 11 is 0. The van der Waals surface area contributed by atoms with Crippen molar-refractivity contribution in [2.75, 3.05) is 12.4 Å². The second kappa shape index (κ2) is 8.29. The van der Waals surface area contributed by atoms with Crippen LogP contribution in [0.1, 0.15) is 40.0 Å². The van der Waals surface area contributed by atoms with Crippen LogP contribution in [-0.2, 0) is 6.54 Å². The largest absolute Gasteiger partial charge is 0.496 e. The molecule has 0 spiro atoms. The van der Waals surface area contributed by atoms with E-state index in [1.165, 1.54) is 7.11 Å². The molecule has 1 aliphatic rings. The van der Waals surface area contributed by atoms with Gasteiger partial charge in [-0.2, -0.15) is 18.3 Å². The number of hydrogen-bond donors (Lipinski definition) is 2. The number of fused-ring (bicyclic) bond motifs is 1. The molecule has 7 nitrogen and oxygen atoms in total. The highest BCUT2D eigenvalue weighted by Gasteiger charge is 2.47. The van der Waals surface area contributed by atoms with E-state index in [1.54, 1.807) is 48.8 Å². The summed E-state index contributed by atoms with van der Waals surface area (Å²) in [6, 6.07) is 7.80. The third-order valence-electron chi connectivity index (χ3n) is 5.17. The zero-order valence-electron chi connectivity index (χ0n) is 16.6. The van der Waals surface area contributed by atoms with Crippen LogP contribution in [0.3, 0.4) is 0 Å². The van der Waals surface area contributed by atoms with Crippen molar-refractivity contribution in [2.45, 2.75) is 31.2 Å². The molecule has 1 aliphatic heterocycles. The van der Waals surface area contributed by atoms with Crippen molar-refractivity contribution in [1.82, 2.24) is 20.1 Å². The molecule has 3 heterocycles. The number of para-hydroxylation sites is 1. The summed E-state index contributed by atoms with van der Waals surface area (Å²) in [5.41, 5.74) is 1.39. The molecular formula is C21H20F3N5O2. The van der Waals surface area contributed by atoms with Gasteiger partial charge in [0.2, 0.25) is 0 Å². The molecule has 4 rings (SSSR count). The number of ether oxygens (including phenoxy) is 1. The maximum Gasteiger partial charge on any atom is 0.410 e. The Balaban J connectivity index is 1.65. The molecule has 0 bridgehead atoms. The van der Waals surface area contributed by atoms with Crippen molar-refractivity contribution in [3.8, 4) is 5.75 Å². The van der Waals surface area contributed by atoms with E-state index < -0.39 is 24.2 Å². The van der Waals surface area contributed by atoms with Crippen LogP contribution in [0.25, 0.3) is 0 Å². The predicted molar refractivity (Wildman–Crippen MR) is 107 cm³/mol. The van der Waals surface area contributed by atoms with Gasteiger partial charge in [0.05, 0.1) is 19.3 Å². The quantitative estimate of drug-likeness (QED) is 0.641. The molecule has 2 aromatic heterocycles. The van der Waals surface area contributed by atoms with E-state index in [2.05, 4.69) is 20.7 Å². The Bertz CT molecular complexity index is 1070. The van der Waals surface area contributed by atoms with Crippen LogP contribution in [0.15, 0.2) is 55.0 Å². The molecule has 0 fully saturated rings. The van der Waals surface area contributed by atoms with E-state index in [4.69, 9.17) is 4.74 Å². The third-order valence-corrected chi connectivity index (χ3v) is 5.17. The van der Waals surface area contributed by atoms with Gasteiger partial charge in [0.15, 0.2) is 6.04 Å². The molecule has 10 heteroatoms. The number of hydrogen-bond acceptors (Lipinski definition) is 5. The van der Waals surface area contributed by atoms with Gasteiger partial charge < -0.3 is 15.4 Å². The summed E-state index contributed by atoms with van der Waals surface area (Å²) < 4.78 is 47.7. The Morgan fingerprint density at radius 2 is 2.06 bits per heavy atom. The second-order valence-electron chi connectivity index (χ2n) is 7.13. The number of carbonyl (C=O) groups excluding carboxylic acids is 1. The molecule has 2 atom stereocenters. The van der Waals surface area contributed by atoms with Crippen molar-refractivity contribution in [2.24, 2.45) is 0 Å². The van der Waals surface area contributed by atoms with Gasteiger partial charge in [-0.15, -0.1) is 0 Å². The number of anilines is 1. The third kappa shape index (κ3) is 4.18. The SMILES string of the molecule is COc1ccccc1C1CC(C(F)(F)F)n2ncc(C(=O)NCc3cccnc3)c2N1. The molecule has 1 amide bonds. The van der Waals surface area contributed by atoms with E-state index in [0.29, 0.717) is 11.3 Å². The summed E-state index contributed by atoms with van der Waals surface area (Å²) in [7, 11) is 1.46. The summed E-state index contributed by atoms with van der Waals surface area (Å²) in [6.45, 7) is 0.190. The number of alkyl halides is 3. The number of amides is 1. The molecule has 0 saturated heterocycles. The number of aromatic nitrogens is 3. The van der Waals surface area contributed by atoms with Gasteiger partial charge in [0.25, 0.3) is 5.91 Å². The first-order chi connectivity index (χ1) is 14.9. The number of benzene rings is 1. The van der Waals surface area contributed by atoms with Gasteiger partial charge in [-0.25, -0.2) is 4.68 Å². The van der Waals surface area contributed by atoms with Gasteiger partial charge in [0.1, 0.15) is 17.1 Å². The first kappa shape index (κ1) is 20.7. The van der Waals surface area contributed by atoms with Crippen LogP contribution < -0.4 is 15.4 Å². The van der Waals surface area contributed by atoms with Crippen LogP contribution in [-0.4, -0.2) is 34.0 Å². The minimum atomic E-state index is -4.54. The van der Waals surface area contributed by atoms with E-state index >= 15 is 0 Å². The first-order valence-corrected chi connectivity index (χ1v) is 9.59. The molecule has 0 aliphatic carbocycles. The molecule has 31 heavy (non-hydrogen) atoms. The van der Waals surface area contributed by atoms with Gasteiger partial charge in [0, 0.05) is 30.9 Å². The Morgan fingerprint density at radius 1 is 1.26 bits per heavy atom. The lowest BCUT2D eigenvalue weighted by molar-refractivity contribution is -0.173. The summed E-state index contributed by atoms with van der Waals surface area (Å²) in [5.74, 6) is -0.0381. The molecule has 2 N–H and O–H groups in total. The molecule has 0 radical (unpaired) electrons. The molecule has 1 aromatic carbocycles. The zero-order chi connectivity index (χ0) is 22.0. The lowest BCUT2D eigenvalue weighted by Gasteiger charge is -2.34. The average Bonchev–Trinajstić information content (AvgIpc) is 3.20. The summed E-state index contributed by atoms with van der Waals surface area (Å²) in [6.07, 6.45) is -0.450. The van der Waals surface area contributed by atoms with Crippen molar-refractivity contribution in [1.29, 1.82) is 0 Å². The number of carbonyl (C=O) groups is 1. The fourth-order valence-electron chi connectivity index (χ4n) is 3.67. The number of nitrogens with one attached hydrogen (secondary N) is 2. The van der Waals surface area contributed by atoms with Gasteiger partial charge in [-0.3, -0.25) is 9.78 Å². The van der Waals surface area contributed by atoms with Gasteiger partial charge >= 0.3 is 6.18 Å². The summed E-state index contributed by atoms with van der Waals surface area (Å²) in [5, 5.41) is 9.65. The number of pyridine rings is 1. The molecular weight excluding hydrogens is 411 g/mol. The lowest BCUT2D eigenvalue weighted by atomic mass is 9.95. The van der Waals surface area contributed by atoms with Crippen LogP contribution >= 0.6 is 0 Å². The summed E-state index contributed by atoms with van der Waals surface area (Å²) in [4.78, 5) is 16.7. The normalized spacial score (nSPS) is 18.1. The number of nitrogens with zero attached hydrogens (tertiary/aromatic N) is 3. The Hall–Kier alpha value is -3.56. The van der Waals surface area contributed by atoms with Gasteiger partial charge in [-0.1, -0.05) is 24.3 Å². The minimum Gasteiger partial charge on any atom is -0.496 e. The van der Waals surface area contributed by atoms with Crippen LogP contribution in [0.5, 0.6) is 5.75 Å². The van der Waals surface area contributed by atoms with Crippen molar-refractivity contribution in [3.63, 3.8) is 0 Å². The maximum absolute atomic E-state index is 13.8. The Morgan fingerprint density at radius 3 is 2.77 bits per heavy atom. The van der Waals surface area contributed by atoms with E-state index in [0.717, 1.165) is 16.4 Å². The van der Waals surface area contributed by atoms with Gasteiger partial charge in [-0.05, 0) is 17.7 Å². The highest BCUT2D eigenvalue weighted by molar-refractivity contribution is 5.98. The van der Waals surface area contributed by atoms with Crippen LogP contribution in [0.2, 0.25) is 0 Å². The average molecular weight is 431 g/mol. The van der Waals surface area contributed by atoms with Crippen LogP contribution in [0, 0.1) is 0 Å². The van der Waals surface area contributed by atoms with E-state index in [9.17, 15) is 18.0 Å². The monoisotopic (exact) mass is 431 g/mol. The van der Waals surface area contributed by atoms with E-state index in [-0.39, 0.29) is 24.3 Å². The van der Waals surface area contributed by atoms with Crippen LogP contribution in [0.4, 0.5) is 19.0 Å². The molecule has 0 saturated carbocycles. The van der Waals surface area contributed by atoms with Crippen molar-refractivity contribution < 1.29 is 22.7 Å². The predicted octanol–water partition coefficient (Wildman–Crippen LogP) is 3.88. The van der Waals surface area contributed by atoms with Crippen molar-refractivity contribution >= 4 is 11.7 Å². The topological polar surface area (TPSA) is 81.1 Å². The fraction of sp³-hybridized carbons (Fsp3) is 0.286. The number of halogens is 3. The number of methoxy groups -OCH3 is 1. The molecule has 2 unspecified atom stereocenters. The lowest BCUT2D eigenvalue weighted by Crippen LogP contribution is -2.36. The number of rotatable bonds is 5. The first-order valence-electron chi connectivity index (χ1n) is 9.59. The van der Waals surface area contributed by atoms with E-state index in [1.807, 2.05) is 0 Å². The smallest absolute Gasteiger partial charge is 0.410 e. The fourth-order valence-corrected chi connectivity index (χ4v) is 3.67. The minimum absolute atomic E-state index is 0.0215. The zero-order valence-corrected chi connectivity index (χ0v) is 16.6. The Kier molecular flexibility index (Phi) is 5.53. The standard InChI is InChI=1S/C21H20F3N5O2/c1-31-17-7-3-2-6-14(17)16-9-18(21(22,23)24)29-19(28-16)15(12-27-29)20(30)26-11-13-5-4-8-25-10-13/h2-8,10,12,16,18,28H,9,11H2,1H3,(H,26,30).